The molecule has 0 saturated heterocycles. The number of aliphatic hydroxyl groups is 1. The molecule has 22 heavy (non-hydrogen) atoms. The van der Waals surface area contributed by atoms with Crippen LogP contribution >= 0.6 is 0 Å². The Bertz CT molecular complexity index is 737. The standard InChI is InChI=1S/C16H16N4O.ClH/c21-11-10-17-15-13-8-4-5-9-14(13)19-16(20-15)18-12-6-2-1-3-7-12;/h1-9,21H,10-11H2,(H2,17,18,19,20);1H/p-1. The minimum Gasteiger partial charge on any atom is -1.00 e. The van der Waals surface area contributed by atoms with Gasteiger partial charge < -0.3 is 28.1 Å². The van der Waals surface area contributed by atoms with Gasteiger partial charge in [-0.25, -0.2) is 4.98 Å². The highest BCUT2D eigenvalue weighted by Crippen LogP contribution is 2.23. The molecule has 0 saturated carbocycles. The van der Waals surface area contributed by atoms with Crippen LogP contribution in [0.5, 0.6) is 0 Å². The molecule has 0 atom stereocenters. The Morgan fingerprint density at radius 3 is 2.41 bits per heavy atom. The van der Waals surface area contributed by atoms with Crippen molar-refractivity contribution in [2.75, 3.05) is 23.8 Å². The molecule has 0 aliphatic rings. The molecule has 1 heterocycles. The number of para-hydroxylation sites is 2. The molecule has 3 rings (SSSR count). The minimum atomic E-state index is 0. The highest BCUT2D eigenvalue weighted by atomic mass is 35.5. The highest BCUT2D eigenvalue weighted by molar-refractivity contribution is 5.90. The van der Waals surface area contributed by atoms with Crippen LogP contribution in [0.1, 0.15) is 0 Å². The summed E-state index contributed by atoms with van der Waals surface area (Å²) >= 11 is 0. The van der Waals surface area contributed by atoms with Crippen molar-refractivity contribution in [1.29, 1.82) is 0 Å². The van der Waals surface area contributed by atoms with E-state index in [1.54, 1.807) is 0 Å². The molecule has 3 aromatic rings. The van der Waals surface area contributed by atoms with Gasteiger partial charge in [0.25, 0.3) is 0 Å². The van der Waals surface area contributed by atoms with E-state index in [0.29, 0.717) is 18.3 Å². The summed E-state index contributed by atoms with van der Waals surface area (Å²) in [4.78, 5) is 9.00. The van der Waals surface area contributed by atoms with Gasteiger partial charge in [-0.15, -0.1) is 0 Å². The van der Waals surface area contributed by atoms with Crippen molar-refractivity contribution < 1.29 is 17.5 Å². The van der Waals surface area contributed by atoms with E-state index in [0.717, 1.165) is 16.6 Å². The summed E-state index contributed by atoms with van der Waals surface area (Å²) in [6.45, 7) is 0.506. The first-order valence-electron chi connectivity index (χ1n) is 6.80. The van der Waals surface area contributed by atoms with E-state index in [2.05, 4.69) is 20.6 Å². The first kappa shape index (κ1) is 16.0. The number of hydrogen-bond donors (Lipinski definition) is 3. The SMILES string of the molecule is OCCNc1nc(Nc2ccccc2)nc2ccccc12.[Cl-]. The van der Waals surface area contributed by atoms with Gasteiger partial charge in [0, 0.05) is 17.6 Å². The summed E-state index contributed by atoms with van der Waals surface area (Å²) in [7, 11) is 0. The van der Waals surface area contributed by atoms with Crippen molar-refractivity contribution in [2.24, 2.45) is 0 Å². The number of benzene rings is 2. The van der Waals surface area contributed by atoms with Gasteiger partial charge >= 0.3 is 0 Å². The summed E-state index contributed by atoms with van der Waals surface area (Å²) in [5, 5.41) is 16.2. The predicted octanol–water partition coefficient (Wildman–Crippen LogP) is -0.218. The number of nitrogens with zero attached hydrogens (tertiary/aromatic N) is 2. The first-order valence-corrected chi connectivity index (χ1v) is 6.80. The van der Waals surface area contributed by atoms with Crippen LogP contribution in [0, 0.1) is 0 Å². The van der Waals surface area contributed by atoms with Crippen molar-refractivity contribution in [3.8, 4) is 0 Å². The molecule has 0 unspecified atom stereocenters. The fraction of sp³-hybridized carbons (Fsp3) is 0.125. The lowest BCUT2D eigenvalue weighted by molar-refractivity contribution is -0.00000535. The fourth-order valence-corrected chi connectivity index (χ4v) is 2.09. The zero-order valence-corrected chi connectivity index (χ0v) is 12.6. The molecule has 0 amide bonds. The van der Waals surface area contributed by atoms with Crippen LogP contribution in [-0.4, -0.2) is 28.2 Å². The average molecular weight is 316 g/mol. The third-order valence-electron chi connectivity index (χ3n) is 3.04. The Morgan fingerprint density at radius 2 is 1.64 bits per heavy atom. The number of nitrogens with one attached hydrogen (secondary N) is 2. The Hall–Kier alpha value is -2.37. The van der Waals surface area contributed by atoms with Crippen molar-refractivity contribution >= 4 is 28.4 Å². The molecule has 0 bridgehead atoms. The molecule has 0 aliphatic carbocycles. The largest absolute Gasteiger partial charge is 1.00 e. The molecule has 0 fully saturated rings. The van der Waals surface area contributed by atoms with E-state index < -0.39 is 0 Å². The molecule has 1 aromatic heterocycles. The third kappa shape index (κ3) is 3.63. The maximum Gasteiger partial charge on any atom is 0.229 e. The lowest BCUT2D eigenvalue weighted by Gasteiger charge is -2.11. The van der Waals surface area contributed by atoms with Gasteiger partial charge in [0.05, 0.1) is 12.1 Å². The Balaban J connectivity index is 0.00000176. The predicted molar refractivity (Wildman–Crippen MR) is 84.8 cm³/mol. The van der Waals surface area contributed by atoms with Crippen molar-refractivity contribution in [3.63, 3.8) is 0 Å². The molecule has 2 aromatic carbocycles. The minimum absolute atomic E-state index is 0. The maximum absolute atomic E-state index is 8.98. The molecule has 0 aliphatic heterocycles. The normalized spacial score (nSPS) is 10.0. The number of rotatable bonds is 5. The Morgan fingerprint density at radius 1 is 0.909 bits per heavy atom. The summed E-state index contributed by atoms with van der Waals surface area (Å²) in [6.07, 6.45) is 0. The number of anilines is 3. The highest BCUT2D eigenvalue weighted by Gasteiger charge is 2.07. The van der Waals surface area contributed by atoms with E-state index in [9.17, 15) is 0 Å². The molecule has 6 heteroatoms. The van der Waals surface area contributed by atoms with Crippen molar-refractivity contribution in [2.45, 2.75) is 0 Å². The number of halogens is 1. The van der Waals surface area contributed by atoms with Crippen molar-refractivity contribution in [1.82, 2.24) is 9.97 Å². The van der Waals surface area contributed by atoms with Crippen molar-refractivity contribution in [3.05, 3.63) is 54.6 Å². The fourth-order valence-electron chi connectivity index (χ4n) is 2.09. The second-order valence-corrected chi connectivity index (χ2v) is 4.55. The Labute approximate surface area is 134 Å². The molecular weight excluding hydrogens is 300 g/mol. The smallest absolute Gasteiger partial charge is 0.229 e. The molecule has 3 N–H and O–H groups in total. The summed E-state index contributed by atoms with van der Waals surface area (Å²) in [6, 6.07) is 17.6. The van der Waals surface area contributed by atoms with Crippen LogP contribution in [0.3, 0.4) is 0 Å². The van der Waals surface area contributed by atoms with E-state index in [1.165, 1.54) is 0 Å². The molecule has 5 nitrogen and oxygen atoms in total. The van der Waals surface area contributed by atoms with Gasteiger partial charge in [0.2, 0.25) is 5.95 Å². The third-order valence-corrected chi connectivity index (χ3v) is 3.04. The molecule has 114 valence electrons. The van der Waals surface area contributed by atoms with Crippen LogP contribution in [0.4, 0.5) is 17.5 Å². The van der Waals surface area contributed by atoms with Gasteiger partial charge in [-0.1, -0.05) is 30.3 Å². The number of aromatic nitrogens is 2. The van der Waals surface area contributed by atoms with Gasteiger partial charge in [-0.05, 0) is 24.3 Å². The number of fused-ring (bicyclic) bond motifs is 1. The Kier molecular flexibility index (Phi) is 5.52. The topological polar surface area (TPSA) is 70.1 Å². The van der Waals surface area contributed by atoms with E-state index in [1.807, 2.05) is 54.6 Å². The summed E-state index contributed by atoms with van der Waals surface area (Å²) in [5.74, 6) is 1.24. The van der Waals surface area contributed by atoms with Gasteiger partial charge in [0.15, 0.2) is 0 Å². The monoisotopic (exact) mass is 315 g/mol. The maximum atomic E-state index is 8.98. The van der Waals surface area contributed by atoms with Crippen LogP contribution in [-0.2, 0) is 0 Å². The van der Waals surface area contributed by atoms with Crippen LogP contribution in [0.25, 0.3) is 10.9 Å². The summed E-state index contributed by atoms with van der Waals surface area (Å²) < 4.78 is 0. The quantitative estimate of drug-likeness (QED) is 0.607. The van der Waals surface area contributed by atoms with Gasteiger partial charge in [0.1, 0.15) is 5.82 Å². The lowest BCUT2D eigenvalue weighted by Crippen LogP contribution is -3.00. The zero-order chi connectivity index (χ0) is 14.5. The lowest BCUT2D eigenvalue weighted by atomic mass is 10.2. The van der Waals surface area contributed by atoms with E-state index in [4.69, 9.17) is 5.11 Å². The zero-order valence-electron chi connectivity index (χ0n) is 11.8. The summed E-state index contributed by atoms with van der Waals surface area (Å²) in [5.41, 5.74) is 1.78. The van der Waals surface area contributed by atoms with Crippen LogP contribution in [0.2, 0.25) is 0 Å². The second kappa shape index (κ2) is 7.59. The van der Waals surface area contributed by atoms with Gasteiger partial charge in [-0.3, -0.25) is 0 Å². The van der Waals surface area contributed by atoms with Gasteiger partial charge in [-0.2, -0.15) is 4.98 Å². The number of aliphatic hydroxyl groups excluding tert-OH is 1. The van der Waals surface area contributed by atoms with Crippen LogP contribution < -0.4 is 23.0 Å². The van der Waals surface area contributed by atoms with Crippen LogP contribution in [0.15, 0.2) is 54.6 Å². The van der Waals surface area contributed by atoms with E-state index >= 15 is 0 Å². The molecule has 0 radical (unpaired) electrons. The molecular formula is C16H16ClN4O-. The van der Waals surface area contributed by atoms with E-state index in [-0.39, 0.29) is 19.0 Å². The first-order chi connectivity index (χ1) is 10.4. The molecule has 0 spiro atoms. The number of hydrogen-bond acceptors (Lipinski definition) is 5. The second-order valence-electron chi connectivity index (χ2n) is 4.55. The average Bonchev–Trinajstić information content (AvgIpc) is 2.53.